The fourth-order valence-electron chi connectivity index (χ4n) is 5.08. The van der Waals surface area contributed by atoms with E-state index < -0.39 is 32.5 Å². The highest BCUT2D eigenvalue weighted by Gasteiger charge is 2.21. The molecule has 0 N–H and O–H groups in total. The van der Waals surface area contributed by atoms with Crippen molar-refractivity contribution >= 4 is 19.8 Å². The molecule has 0 heterocycles. The molecule has 0 amide bonds. The molecular weight excluding hydrogens is 641 g/mol. The summed E-state index contributed by atoms with van der Waals surface area (Å²) in [4.78, 5) is 37.3. The predicted molar refractivity (Wildman–Crippen MR) is 199 cm³/mol. The van der Waals surface area contributed by atoms with E-state index in [9.17, 15) is 19.0 Å². The molecular formula is C39H74NO8P. The molecule has 0 aliphatic heterocycles. The Kier molecular flexibility index (Phi) is 31.4. The van der Waals surface area contributed by atoms with Crippen LogP contribution in [0.5, 0.6) is 0 Å². The van der Waals surface area contributed by atoms with Gasteiger partial charge in [0.2, 0.25) is 0 Å². The lowest BCUT2D eigenvalue weighted by Gasteiger charge is -2.28. The number of phosphoric acid groups is 1. The number of unbranched alkanes of at least 4 members (excludes halogenated alkanes) is 17. The number of rotatable bonds is 35. The topological polar surface area (TPSA) is 111 Å². The lowest BCUT2D eigenvalue weighted by atomic mass is 10.1. The van der Waals surface area contributed by atoms with Crippen LogP contribution in [0.3, 0.4) is 0 Å². The van der Waals surface area contributed by atoms with Gasteiger partial charge in [-0.2, -0.15) is 0 Å². The molecule has 0 bridgehead atoms. The smallest absolute Gasteiger partial charge is 0.306 e. The molecule has 1 unspecified atom stereocenters. The minimum atomic E-state index is -4.62. The summed E-state index contributed by atoms with van der Waals surface area (Å²) in [5, 5.41) is 0. The highest BCUT2D eigenvalue weighted by molar-refractivity contribution is 7.45. The first kappa shape index (κ1) is 47.5. The molecule has 0 fully saturated rings. The number of allylic oxidation sites excluding steroid dienone is 4. The Morgan fingerprint density at radius 2 is 1.12 bits per heavy atom. The van der Waals surface area contributed by atoms with Gasteiger partial charge in [-0.05, 0) is 38.5 Å². The number of carbonyl (C=O) groups excluding carboxylic acids is 2. The Morgan fingerprint density at radius 1 is 0.633 bits per heavy atom. The fourth-order valence-corrected chi connectivity index (χ4v) is 5.81. The van der Waals surface area contributed by atoms with Crippen LogP contribution in [0.2, 0.25) is 0 Å². The molecule has 0 aromatic rings. The van der Waals surface area contributed by atoms with Gasteiger partial charge in [0.25, 0.3) is 7.82 Å². The lowest BCUT2D eigenvalue weighted by Crippen LogP contribution is -2.37. The maximum absolute atomic E-state index is 12.6. The van der Waals surface area contributed by atoms with E-state index in [1.54, 1.807) is 0 Å². The number of likely N-dealkylation sites (N-methyl/N-ethyl adjacent to an activating group) is 1. The van der Waals surface area contributed by atoms with Crippen molar-refractivity contribution in [1.29, 1.82) is 0 Å². The lowest BCUT2D eigenvalue weighted by molar-refractivity contribution is -0.870. The highest BCUT2D eigenvalue weighted by Crippen LogP contribution is 2.38. The van der Waals surface area contributed by atoms with Gasteiger partial charge in [0.05, 0.1) is 27.7 Å². The number of phosphoric ester groups is 1. The molecule has 2 atom stereocenters. The van der Waals surface area contributed by atoms with Crippen LogP contribution in [0.1, 0.15) is 162 Å². The molecule has 0 rings (SSSR count). The Hall–Kier alpha value is -1.51. The largest absolute Gasteiger partial charge is 0.756 e. The van der Waals surface area contributed by atoms with Crippen LogP contribution in [-0.2, 0) is 32.7 Å². The van der Waals surface area contributed by atoms with Crippen molar-refractivity contribution in [2.45, 2.75) is 168 Å². The van der Waals surface area contributed by atoms with E-state index >= 15 is 0 Å². The first-order chi connectivity index (χ1) is 23.5. The summed E-state index contributed by atoms with van der Waals surface area (Å²) in [6, 6.07) is 0. The SMILES string of the molecule is CCCC/C=C/C/C=C/CCCCCCCC(=O)OC[C@H](COP(=O)([O-])OCC[N+](C)(C)C)OC(=O)CCCCCCCCCCCCC. The maximum atomic E-state index is 12.6. The van der Waals surface area contributed by atoms with E-state index in [1.165, 1.54) is 57.8 Å². The number of ether oxygens (including phenoxy) is 2. The predicted octanol–water partition coefficient (Wildman–Crippen LogP) is 9.77. The quantitative estimate of drug-likeness (QED) is 0.0210. The van der Waals surface area contributed by atoms with E-state index in [1.807, 2.05) is 21.1 Å². The number of hydrogen-bond donors (Lipinski definition) is 0. The van der Waals surface area contributed by atoms with Crippen LogP contribution in [0.4, 0.5) is 0 Å². The summed E-state index contributed by atoms with van der Waals surface area (Å²) in [6.45, 7) is 4.15. The second kappa shape index (κ2) is 32.4. The van der Waals surface area contributed by atoms with E-state index in [0.717, 1.165) is 64.2 Å². The van der Waals surface area contributed by atoms with Gasteiger partial charge >= 0.3 is 11.9 Å². The van der Waals surface area contributed by atoms with Crippen LogP contribution >= 0.6 is 7.82 Å². The second-order valence-corrected chi connectivity index (χ2v) is 15.7. The molecule has 0 aliphatic carbocycles. The third-order valence-corrected chi connectivity index (χ3v) is 9.19. The minimum absolute atomic E-state index is 0.0317. The number of carbonyl (C=O) groups is 2. The first-order valence-corrected chi connectivity index (χ1v) is 21.0. The van der Waals surface area contributed by atoms with Gasteiger partial charge in [0, 0.05) is 12.8 Å². The Morgan fingerprint density at radius 3 is 1.67 bits per heavy atom. The van der Waals surface area contributed by atoms with Crippen LogP contribution in [-0.4, -0.2) is 70.0 Å². The Bertz CT molecular complexity index is 902. The second-order valence-electron chi connectivity index (χ2n) is 14.3. The van der Waals surface area contributed by atoms with Gasteiger partial charge in [-0.3, -0.25) is 14.2 Å². The molecule has 49 heavy (non-hydrogen) atoms. The van der Waals surface area contributed by atoms with E-state index in [2.05, 4.69) is 38.2 Å². The summed E-state index contributed by atoms with van der Waals surface area (Å²) in [6.07, 6.45) is 32.0. The van der Waals surface area contributed by atoms with Crippen LogP contribution in [0, 0.1) is 0 Å². The summed E-state index contributed by atoms with van der Waals surface area (Å²) < 4.78 is 33.7. The van der Waals surface area contributed by atoms with Gasteiger partial charge in [-0.1, -0.05) is 134 Å². The molecule has 0 radical (unpaired) electrons. The summed E-state index contributed by atoms with van der Waals surface area (Å²) in [5.74, 6) is -0.851. The number of hydrogen-bond acceptors (Lipinski definition) is 8. The van der Waals surface area contributed by atoms with Crippen molar-refractivity contribution in [2.24, 2.45) is 0 Å². The molecule has 0 aromatic carbocycles. The Balaban J connectivity index is 4.44. The molecule has 9 nitrogen and oxygen atoms in total. The van der Waals surface area contributed by atoms with E-state index in [-0.39, 0.29) is 26.1 Å². The van der Waals surface area contributed by atoms with Gasteiger partial charge < -0.3 is 27.9 Å². The molecule has 0 aliphatic rings. The van der Waals surface area contributed by atoms with E-state index in [0.29, 0.717) is 23.9 Å². The third kappa shape index (κ3) is 36.1. The minimum Gasteiger partial charge on any atom is -0.756 e. The van der Waals surface area contributed by atoms with Gasteiger partial charge in [-0.25, -0.2) is 0 Å². The fraction of sp³-hybridized carbons (Fsp3) is 0.846. The number of esters is 2. The zero-order valence-electron chi connectivity index (χ0n) is 32.1. The molecule has 288 valence electrons. The molecule has 10 heteroatoms. The van der Waals surface area contributed by atoms with Gasteiger partial charge in [0.1, 0.15) is 19.8 Å². The summed E-state index contributed by atoms with van der Waals surface area (Å²) >= 11 is 0. The highest BCUT2D eigenvalue weighted by atomic mass is 31.2. The van der Waals surface area contributed by atoms with Crippen molar-refractivity contribution in [3.63, 3.8) is 0 Å². The average Bonchev–Trinajstić information content (AvgIpc) is 3.04. The third-order valence-electron chi connectivity index (χ3n) is 8.22. The summed E-state index contributed by atoms with van der Waals surface area (Å²) in [7, 11) is 1.16. The van der Waals surface area contributed by atoms with E-state index in [4.69, 9.17) is 18.5 Å². The first-order valence-electron chi connectivity index (χ1n) is 19.5. The van der Waals surface area contributed by atoms with Crippen molar-refractivity contribution in [2.75, 3.05) is 47.5 Å². The van der Waals surface area contributed by atoms with Crippen molar-refractivity contribution in [3.8, 4) is 0 Å². The van der Waals surface area contributed by atoms with Crippen LogP contribution in [0.25, 0.3) is 0 Å². The maximum Gasteiger partial charge on any atom is 0.306 e. The zero-order valence-corrected chi connectivity index (χ0v) is 33.0. The standard InChI is InChI=1S/C39H74NO8P/c1-6-8-10-12-14-16-18-19-20-22-23-25-27-29-31-38(41)45-35-37(36-47-49(43,44)46-34-33-40(3,4)5)48-39(42)32-30-28-26-24-21-17-15-13-11-9-7-2/h12,14,18-19,37H,6-11,13,15-17,20-36H2,1-5H3/b14-12+,19-18+/t37-/m1/s1. The number of nitrogens with zero attached hydrogens (tertiary/aromatic N) is 1. The van der Waals surface area contributed by atoms with Gasteiger partial charge in [0.15, 0.2) is 6.10 Å². The normalized spacial score (nSPS) is 14.0. The zero-order chi connectivity index (χ0) is 36.5. The molecule has 0 saturated carbocycles. The molecule has 0 aromatic heterocycles. The molecule has 0 spiro atoms. The van der Waals surface area contributed by atoms with Crippen molar-refractivity contribution in [3.05, 3.63) is 24.3 Å². The monoisotopic (exact) mass is 716 g/mol. The van der Waals surface area contributed by atoms with Crippen LogP contribution < -0.4 is 4.89 Å². The summed E-state index contributed by atoms with van der Waals surface area (Å²) in [5.41, 5.74) is 0. The average molecular weight is 716 g/mol. The van der Waals surface area contributed by atoms with Crippen LogP contribution in [0.15, 0.2) is 24.3 Å². The van der Waals surface area contributed by atoms with Crippen molar-refractivity contribution < 1.29 is 42.1 Å². The molecule has 0 saturated heterocycles. The number of quaternary nitrogens is 1. The van der Waals surface area contributed by atoms with Gasteiger partial charge in [-0.15, -0.1) is 0 Å². The Labute approximate surface area is 300 Å². The van der Waals surface area contributed by atoms with Crippen molar-refractivity contribution in [1.82, 2.24) is 0 Å².